The maximum atomic E-state index is 4.39. The van der Waals surface area contributed by atoms with Crippen molar-refractivity contribution < 1.29 is 0 Å². The molecule has 3 aromatic rings. The molecule has 70 valence electrons. The predicted molar refractivity (Wildman–Crippen MR) is 63.8 cm³/mol. The molecule has 1 aromatic carbocycles. The Morgan fingerprint density at radius 2 is 2.29 bits per heavy atom. The Kier molecular flexibility index (Phi) is 1.69. The largest absolute Gasteiger partial charge is 0.275 e. The van der Waals surface area contributed by atoms with Gasteiger partial charge in [0.2, 0.25) is 0 Å². The Labute approximate surface area is 93.3 Å². The summed E-state index contributed by atoms with van der Waals surface area (Å²) >= 11 is 5.32. The average molecular weight is 267 g/mol. The smallest absolute Gasteiger partial charge is 0.0941 e. The van der Waals surface area contributed by atoms with Crippen molar-refractivity contribution >= 4 is 48.3 Å². The fourth-order valence-electron chi connectivity index (χ4n) is 1.71. The second-order valence-electron chi connectivity index (χ2n) is 3.26. The van der Waals surface area contributed by atoms with Crippen LogP contribution in [-0.4, -0.2) is 9.78 Å². The lowest BCUT2D eigenvalue weighted by Gasteiger charge is -1.94. The lowest BCUT2D eigenvalue weighted by Crippen LogP contribution is -1.84. The summed E-state index contributed by atoms with van der Waals surface area (Å²) in [5, 5.41) is 9.02. The molecule has 0 bridgehead atoms. The van der Waals surface area contributed by atoms with Gasteiger partial charge in [-0.15, -0.1) is 11.3 Å². The molecule has 0 radical (unpaired) electrons. The molecule has 0 saturated carbocycles. The highest BCUT2D eigenvalue weighted by atomic mass is 79.9. The fourth-order valence-corrected chi connectivity index (χ4v) is 3.24. The molecule has 0 aliphatic carbocycles. The Bertz CT molecular complexity index is 623. The van der Waals surface area contributed by atoms with Crippen molar-refractivity contribution in [2.45, 2.75) is 0 Å². The minimum atomic E-state index is 1.05. The van der Waals surface area contributed by atoms with E-state index < -0.39 is 0 Å². The van der Waals surface area contributed by atoms with E-state index in [0.717, 1.165) is 9.99 Å². The molecule has 0 fully saturated rings. The molecule has 2 aromatic heterocycles. The molecule has 0 aliphatic rings. The molecule has 0 spiro atoms. The first-order valence-corrected chi connectivity index (χ1v) is 5.92. The summed E-state index contributed by atoms with van der Waals surface area (Å²) in [6, 6.07) is 4.23. The van der Waals surface area contributed by atoms with Crippen molar-refractivity contribution in [1.82, 2.24) is 9.78 Å². The van der Waals surface area contributed by atoms with Crippen molar-refractivity contribution in [1.29, 1.82) is 0 Å². The second-order valence-corrected chi connectivity index (χ2v) is 5.03. The van der Waals surface area contributed by atoms with Crippen molar-refractivity contribution in [2.24, 2.45) is 7.05 Å². The van der Waals surface area contributed by atoms with Crippen LogP contribution < -0.4 is 0 Å². The Balaban J connectivity index is 2.64. The first kappa shape index (κ1) is 8.44. The number of hydrogen-bond donors (Lipinski definition) is 0. The third kappa shape index (κ3) is 1.04. The zero-order chi connectivity index (χ0) is 9.71. The maximum Gasteiger partial charge on any atom is 0.0941 e. The van der Waals surface area contributed by atoms with Gasteiger partial charge in [-0.05, 0) is 33.4 Å². The lowest BCUT2D eigenvalue weighted by atomic mass is 10.2. The third-order valence-electron chi connectivity index (χ3n) is 2.29. The van der Waals surface area contributed by atoms with E-state index in [4.69, 9.17) is 0 Å². The number of aromatic nitrogens is 2. The van der Waals surface area contributed by atoms with Gasteiger partial charge in [-0.25, -0.2) is 0 Å². The summed E-state index contributed by atoms with van der Waals surface area (Å²) in [7, 11) is 1.95. The summed E-state index contributed by atoms with van der Waals surface area (Å²) < 4.78 is 4.29. The number of nitrogens with zero attached hydrogens (tertiary/aromatic N) is 2. The van der Waals surface area contributed by atoms with Gasteiger partial charge < -0.3 is 0 Å². The molecule has 3 rings (SSSR count). The van der Waals surface area contributed by atoms with Gasteiger partial charge in [-0.3, -0.25) is 4.68 Å². The van der Waals surface area contributed by atoms with E-state index in [9.17, 15) is 0 Å². The second kappa shape index (κ2) is 2.81. The van der Waals surface area contributed by atoms with Crippen LogP contribution in [-0.2, 0) is 7.05 Å². The standard InChI is InChI=1S/C10H7BrN2S/c1-13-5-7-6-2-3-14-10(6)8(11)4-9(7)12-13/h2-5H,1H3. The van der Waals surface area contributed by atoms with Gasteiger partial charge in [0.1, 0.15) is 0 Å². The van der Waals surface area contributed by atoms with Crippen LogP contribution >= 0.6 is 27.3 Å². The SMILES string of the molecule is Cn1cc2c(cc(Br)c3sccc32)n1. The van der Waals surface area contributed by atoms with Crippen LogP contribution in [0.1, 0.15) is 0 Å². The van der Waals surface area contributed by atoms with Crippen LogP contribution in [0.25, 0.3) is 21.0 Å². The topological polar surface area (TPSA) is 17.8 Å². The summed E-state index contributed by atoms with van der Waals surface area (Å²) in [4.78, 5) is 0. The van der Waals surface area contributed by atoms with E-state index in [-0.39, 0.29) is 0 Å². The summed E-state index contributed by atoms with van der Waals surface area (Å²) in [5.74, 6) is 0. The minimum absolute atomic E-state index is 1.05. The molecule has 2 nitrogen and oxygen atoms in total. The Morgan fingerprint density at radius 1 is 1.43 bits per heavy atom. The molecule has 0 atom stereocenters. The predicted octanol–water partition coefficient (Wildman–Crippen LogP) is 3.55. The molecular formula is C10H7BrN2S. The molecule has 2 heterocycles. The van der Waals surface area contributed by atoms with E-state index in [2.05, 4.69) is 44.7 Å². The van der Waals surface area contributed by atoms with Crippen LogP contribution in [0.4, 0.5) is 0 Å². The molecule has 0 amide bonds. The van der Waals surface area contributed by atoms with Gasteiger partial charge in [-0.2, -0.15) is 5.10 Å². The normalized spacial score (nSPS) is 11.6. The molecule has 0 N–H and O–H groups in total. The van der Waals surface area contributed by atoms with Crippen LogP contribution in [0.15, 0.2) is 28.2 Å². The van der Waals surface area contributed by atoms with Gasteiger partial charge in [0.25, 0.3) is 0 Å². The highest BCUT2D eigenvalue weighted by Gasteiger charge is 2.08. The van der Waals surface area contributed by atoms with Crippen LogP contribution in [0.3, 0.4) is 0 Å². The van der Waals surface area contributed by atoms with Crippen LogP contribution in [0, 0.1) is 0 Å². The zero-order valence-electron chi connectivity index (χ0n) is 7.49. The summed E-state index contributed by atoms with van der Waals surface area (Å²) in [5.41, 5.74) is 1.05. The number of thiophene rings is 1. The van der Waals surface area contributed by atoms with E-state index in [0.29, 0.717) is 0 Å². The first-order valence-electron chi connectivity index (χ1n) is 4.25. The highest BCUT2D eigenvalue weighted by Crippen LogP contribution is 2.34. The van der Waals surface area contributed by atoms with E-state index in [1.54, 1.807) is 11.3 Å². The number of hydrogen-bond acceptors (Lipinski definition) is 2. The van der Waals surface area contributed by atoms with Gasteiger partial charge in [0.15, 0.2) is 0 Å². The number of benzene rings is 1. The van der Waals surface area contributed by atoms with Gasteiger partial charge in [0, 0.05) is 33.2 Å². The van der Waals surface area contributed by atoms with Crippen LogP contribution in [0.5, 0.6) is 0 Å². The lowest BCUT2D eigenvalue weighted by molar-refractivity contribution is 0.780. The number of aryl methyl sites for hydroxylation is 1. The molecule has 0 unspecified atom stereocenters. The van der Waals surface area contributed by atoms with Crippen molar-refractivity contribution in [2.75, 3.05) is 0 Å². The first-order chi connectivity index (χ1) is 6.75. The molecular weight excluding hydrogens is 260 g/mol. The number of halogens is 1. The van der Waals surface area contributed by atoms with E-state index in [1.165, 1.54) is 15.5 Å². The Hall–Kier alpha value is -0.870. The van der Waals surface area contributed by atoms with Crippen molar-refractivity contribution in [3.8, 4) is 0 Å². The minimum Gasteiger partial charge on any atom is -0.275 e. The molecule has 4 heteroatoms. The molecule has 14 heavy (non-hydrogen) atoms. The van der Waals surface area contributed by atoms with E-state index in [1.807, 2.05) is 11.7 Å². The van der Waals surface area contributed by atoms with Gasteiger partial charge in [-0.1, -0.05) is 0 Å². The quantitative estimate of drug-likeness (QED) is 0.609. The molecule has 0 saturated heterocycles. The zero-order valence-corrected chi connectivity index (χ0v) is 9.89. The van der Waals surface area contributed by atoms with Gasteiger partial charge >= 0.3 is 0 Å². The summed E-state index contributed by atoms with van der Waals surface area (Å²) in [6.07, 6.45) is 2.07. The molecule has 0 aliphatic heterocycles. The number of fused-ring (bicyclic) bond motifs is 3. The van der Waals surface area contributed by atoms with Gasteiger partial charge in [0.05, 0.1) is 5.52 Å². The highest BCUT2D eigenvalue weighted by molar-refractivity contribution is 9.10. The van der Waals surface area contributed by atoms with Crippen molar-refractivity contribution in [3.63, 3.8) is 0 Å². The fraction of sp³-hybridized carbons (Fsp3) is 0.100. The summed E-state index contributed by atoms with van der Waals surface area (Å²) in [6.45, 7) is 0. The Morgan fingerprint density at radius 3 is 3.14 bits per heavy atom. The van der Waals surface area contributed by atoms with Crippen molar-refractivity contribution in [3.05, 3.63) is 28.2 Å². The van der Waals surface area contributed by atoms with Crippen LogP contribution in [0.2, 0.25) is 0 Å². The average Bonchev–Trinajstić information content (AvgIpc) is 2.69. The third-order valence-corrected chi connectivity index (χ3v) is 4.13. The maximum absolute atomic E-state index is 4.39. The van der Waals surface area contributed by atoms with E-state index >= 15 is 0 Å². The monoisotopic (exact) mass is 266 g/mol. The number of rotatable bonds is 0.